The van der Waals surface area contributed by atoms with Crippen LogP contribution >= 0.6 is 11.3 Å². The van der Waals surface area contributed by atoms with Crippen LogP contribution in [0.5, 0.6) is 0 Å². The molecule has 1 aromatic heterocycles. The zero-order valence-electron chi connectivity index (χ0n) is 14.4. The van der Waals surface area contributed by atoms with Crippen molar-refractivity contribution in [3.05, 3.63) is 52.7 Å². The first-order chi connectivity index (χ1) is 12.0. The van der Waals surface area contributed by atoms with Gasteiger partial charge < -0.3 is 10.6 Å². The van der Waals surface area contributed by atoms with E-state index in [1.165, 1.54) is 4.88 Å². The Labute approximate surface area is 153 Å². The molecule has 0 aliphatic rings. The minimum absolute atomic E-state index is 0.266. The van der Waals surface area contributed by atoms with Crippen molar-refractivity contribution in [3.63, 3.8) is 0 Å². The number of aliphatic imine (C=N–C) groups is 1. The van der Waals surface area contributed by atoms with Crippen molar-refractivity contribution < 1.29 is 8.42 Å². The van der Waals surface area contributed by atoms with Crippen LogP contribution in [-0.2, 0) is 10.0 Å². The summed E-state index contributed by atoms with van der Waals surface area (Å²) in [6.45, 7) is 3.63. The summed E-state index contributed by atoms with van der Waals surface area (Å²) in [6, 6.07) is 12.5. The summed E-state index contributed by atoms with van der Waals surface area (Å²) in [5, 5.41) is 8.43. The Morgan fingerprint density at radius 1 is 1.12 bits per heavy atom. The lowest BCUT2D eigenvalue weighted by atomic mass is 10.1. The first-order valence-electron chi connectivity index (χ1n) is 8.05. The fourth-order valence-corrected chi connectivity index (χ4v) is 4.03. The second-order valence-electron chi connectivity index (χ2n) is 5.51. The summed E-state index contributed by atoms with van der Waals surface area (Å²) in [5.74, 6) is 1.04. The third-order valence-corrected chi connectivity index (χ3v) is 6.17. The average molecular weight is 381 g/mol. The zero-order chi connectivity index (χ0) is 18.1. The molecule has 0 saturated carbocycles. The van der Waals surface area contributed by atoms with Crippen molar-refractivity contribution in [2.75, 3.05) is 26.7 Å². The molecule has 0 saturated heterocycles. The van der Waals surface area contributed by atoms with E-state index in [-0.39, 0.29) is 11.4 Å². The molecule has 2 rings (SSSR count). The van der Waals surface area contributed by atoms with Crippen molar-refractivity contribution >= 4 is 27.3 Å². The van der Waals surface area contributed by atoms with Gasteiger partial charge in [-0.05, 0) is 23.6 Å². The van der Waals surface area contributed by atoms with Crippen LogP contribution in [0.1, 0.15) is 17.7 Å². The molecule has 3 N–H and O–H groups in total. The lowest BCUT2D eigenvalue weighted by Crippen LogP contribution is -2.42. The minimum Gasteiger partial charge on any atom is -0.356 e. The van der Waals surface area contributed by atoms with E-state index < -0.39 is 10.0 Å². The fourth-order valence-electron chi connectivity index (χ4n) is 2.19. The molecule has 0 spiro atoms. The molecule has 1 atom stereocenters. The third-order valence-electron chi connectivity index (χ3n) is 3.59. The maximum Gasteiger partial charge on any atom is 0.240 e. The molecule has 0 aliphatic heterocycles. The van der Waals surface area contributed by atoms with Gasteiger partial charge in [0.2, 0.25) is 10.0 Å². The van der Waals surface area contributed by atoms with E-state index in [1.807, 2.05) is 6.07 Å². The maximum absolute atomic E-state index is 12.1. The second kappa shape index (κ2) is 9.55. The van der Waals surface area contributed by atoms with Gasteiger partial charge in [-0.2, -0.15) is 0 Å². The highest BCUT2D eigenvalue weighted by Crippen LogP contribution is 2.19. The molecule has 0 fully saturated rings. The van der Waals surface area contributed by atoms with Gasteiger partial charge in [-0.15, -0.1) is 11.3 Å². The van der Waals surface area contributed by atoms with Gasteiger partial charge in [-0.1, -0.05) is 31.2 Å². The first-order valence-corrected chi connectivity index (χ1v) is 10.4. The van der Waals surface area contributed by atoms with Gasteiger partial charge in [0.15, 0.2) is 5.96 Å². The van der Waals surface area contributed by atoms with E-state index in [2.05, 4.69) is 38.7 Å². The van der Waals surface area contributed by atoms with E-state index in [0.29, 0.717) is 18.4 Å². The van der Waals surface area contributed by atoms with Gasteiger partial charge >= 0.3 is 0 Å². The van der Waals surface area contributed by atoms with Crippen LogP contribution < -0.4 is 15.4 Å². The molecule has 0 aliphatic carbocycles. The SMILES string of the molecule is CN=C(NCCNS(=O)(=O)c1ccccc1)NCC(C)c1cccs1. The molecule has 136 valence electrons. The summed E-state index contributed by atoms with van der Waals surface area (Å²) in [7, 11) is -1.78. The Morgan fingerprint density at radius 2 is 1.88 bits per heavy atom. The molecule has 8 heteroatoms. The predicted octanol–water partition coefficient (Wildman–Crippen LogP) is 2.00. The quantitative estimate of drug-likeness (QED) is 0.372. The van der Waals surface area contributed by atoms with E-state index in [0.717, 1.165) is 6.54 Å². The molecule has 0 amide bonds. The number of hydrogen-bond acceptors (Lipinski definition) is 4. The average Bonchev–Trinajstić information content (AvgIpc) is 3.16. The lowest BCUT2D eigenvalue weighted by Gasteiger charge is -2.15. The molecular formula is C17H24N4O2S2. The lowest BCUT2D eigenvalue weighted by molar-refractivity contribution is 0.580. The maximum atomic E-state index is 12.1. The summed E-state index contributed by atoms with van der Waals surface area (Å²) in [6.07, 6.45) is 0. The van der Waals surface area contributed by atoms with Gasteiger partial charge in [0.05, 0.1) is 4.90 Å². The second-order valence-corrected chi connectivity index (χ2v) is 8.25. The number of rotatable bonds is 8. The van der Waals surface area contributed by atoms with Crippen LogP contribution in [0.2, 0.25) is 0 Å². The van der Waals surface area contributed by atoms with Gasteiger partial charge in [0.25, 0.3) is 0 Å². The number of nitrogens with one attached hydrogen (secondary N) is 3. The Bertz CT molecular complexity index is 759. The number of sulfonamides is 1. The van der Waals surface area contributed by atoms with Crippen molar-refractivity contribution in [2.24, 2.45) is 4.99 Å². The summed E-state index contributed by atoms with van der Waals surface area (Å²) in [5.41, 5.74) is 0. The van der Waals surface area contributed by atoms with Gasteiger partial charge in [-0.3, -0.25) is 4.99 Å². The Balaban J connectivity index is 1.72. The molecule has 25 heavy (non-hydrogen) atoms. The monoisotopic (exact) mass is 380 g/mol. The molecule has 2 aromatic rings. The van der Waals surface area contributed by atoms with Crippen molar-refractivity contribution in [1.29, 1.82) is 0 Å². The van der Waals surface area contributed by atoms with E-state index in [9.17, 15) is 8.42 Å². The van der Waals surface area contributed by atoms with E-state index in [1.54, 1.807) is 48.7 Å². The number of nitrogens with zero attached hydrogens (tertiary/aromatic N) is 1. The smallest absolute Gasteiger partial charge is 0.240 e. The van der Waals surface area contributed by atoms with Crippen LogP contribution in [0.4, 0.5) is 0 Å². The Kier molecular flexibility index (Phi) is 7.42. The topological polar surface area (TPSA) is 82.6 Å². The summed E-state index contributed by atoms with van der Waals surface area (Å²) >= 11 is 1.74. The molecule has 0 radical (unpaired) electrons. The zero-order valence-corrected chi connectivity index (χ0v) is 16.0. The summed E-state index contributed by atoms with van der Waals surface area (Å²) in [4.78, 5) is 5.74. The third kappa shape index (κ3) is 6.15. The first kappa shape index (κ1) is 19.4. The summed E-state index contributed by atoms with van der Waals surface area (Å²) < 4.78 is 26.8. The number of benzene rings is 1. The highest BCUT2D eigenvalue weighted by Gasteiger charge is 2.12. The minimum atomic E-state index is -3.47. The number of guanidine groups is 1. The molecule has 0 bridgehead atoms. The molecular weight excluding hydrogens is 356 g/mol. The number of thiophene rings is 1. The molecule has 1 heterocycles. The van der Waals surface area contributed by atoms with Crippen molar-refractivity contribution in [2.45, 2.75) is 17.7 Å². The van der Waals surface area contributed by atoms with Gasteiger partial charge in [-0.25, -0.2) is 13.1 Å². The van der Waals surface area contributed by atoms with Gasteiger partial charge in [0.1, 0.15) is 0 Å². The van der Waals surface area contributed by atoms with Crippen LogP contribution in [0.3, 0.4) is 0 Å². The molecule has 1 unspecified atom stereocenters. The largest absolute Gasteiger partial charge is 0.356 e. The van der Waals surface area contributed by atoms with Crippen LogP contribution in [0.15, 0.2) is 57.7 Å². The van der Waals surface area contributed by atoms with Crippen LogP contribution in [0.25, 0.3) is 0 Å². The van der Waals surface area contributed by atoms with E-state index >= 15 is 0 Å². The highest BCUT2D eigenvalue weighted by molar-refractivity contribution is 7.89. The fraction of sp³-hybridized carbons (Fsp3) is 0.353. The van der Waals surface area contributed by atoms with Crippen LogP contribution in [-0.4, -0.2) is 41.1 Å². The standard InChI is InChI=1S/C17H24N4O2S2/c1-14(16-9-6-12-24-16)13-20-17(18-2)19-10-11-21-25(22,23)15-7-4-3-5-8-15/h3-9,12,14,21H,10-11,13H2,1-2H3,(H2,18,19,20). The predicted molar refractivity (Wildman–Crippen MR) is 104 cm³/mol. The molecule has 1 aromatic carbocycles. The van der Waals surface area contributed by atoms with Gasteiger partial charge in [0, 0.05) is 37.5 Å². The Morgan fingerprint density at radius 3 is 2.52 bits per heavy atom. The highest BCUT2D eigenvalue weighted by atomic mass is 32.2. The Hall–Kier alpha value is -1.90. The van der Waals surface area contributed by atoms with Crippen molar-refractivity contribution in [3.8, 4) is 0 Å². The normalized spacial score (nSPS) is 13.4. The van der Waals surface area contributed by atoms with E-state index in [4.69, 9.17) is 0 Å². The number of hydrogen-bond donors (Lipinski definition) is 3. The molecule has 6 nitrogen and oxygen atoms in total. The van der Waals surface area contributed by atoms with Crippen molar-refractivity contribution in [1.82, 2.24) is 15.4 Å². The van der Waals surface area contributed by atoms with Crippen LogP contribution in [0, 0.1) is 0 Å².